The van der Waals surface area contributed by atoms with Crippen molar-refractivity contribution < 1.29 is 24.0 Å². The Kier molecular flexibility index (Phi) is 6.28. The number of ether oxygens (including phenoxy) is 1. The lowest BCUT2D eigenvalue weighted by Crippen LogP contribution is -2.38. The van der Waals surface area contributed by atoms with Crippen LogP contribution in [-0.4, -0.2) is 34.4 Å². The molecule has 0 spiro atoms. The molecule has 0 atom stereocenters. The maximum Gasteiger partial charge on any atom is 0.496 e. The van der Waals surface area contributed by atoms with E-state index in [1.807, 2.05) is 44.2 Å². The van der Waals surface area contributed by atoms with E-state index in [0.717, 1.165) is 45.1 Å². The number of rotatable bonds is 4. The molecule has 2 aromatic rings. The number of aliphatic hydroxyl groups is 1. The van der Waals surface area contributed by atoms with Crippen molar-refractivity contribution in [3.8, 4) is 5.75 Å². The highest BCUT2D eigenvalue weighted by Gasteiger charge is 2.34. The van der Waals surface area contributed by atoms with E-state index in [0.29, 0.717) is 32.2 Å². The summed E-state index contributed by atoms with van der Waals surface area (Å²) < 4.78 is 7.14. The van der Waals surface area contributed by atoms with Crippen LogP contribution in [0.5, 0.6) is 5.75 Å². The summed E-state index contributed by atoms with van der Waals surface area (Å²) in [6, 6.07) is 9.32. The molecule has 1 aliphatic heterocycles. The number of benzene rings is 2. The second-order valence-electron chi connectivity index (χ2n) is 8.58. The molecule has 0 saturated heterocycles. The first kappa shape index (κ1) is 22.0. The summed E-state index contributed by atoms with van der Waals surface area (Å²) in [5.74, 6) is 0.666. The Hall–Kier alpha value is -3.19. The van der Waals surface area contributed by atoms with Crippen LogP contribution in [-0.2, 0) is 17.9 Å². The zero-order valence-electron chi connectivity index (χ0n) is 18.8. The molecule has 3 N–H and O–H groups in total. The van der Waals surface area contributed by atoms with Gasteiger partial charge in [-0.25, -0.2) is 5.32 Å². The Morgan fingerprint density at radius 3 is 2.59 bits per heavy atom. The molecule has 32 heavy (non-hydrogen) atoms. The highest BCUT2D eigenvalue weighted by molar-refractivity contribution is 5.96. The number of nitrogens with zero attached hydrogens (tertiary/aromatic N) is 1. The molecule has 1 aliphatic carbocycles. The van der Waals surface area contributed by atoms with Gasteiger partial charge in [0.1, 0.15) is 18.0 Å². The molecule has 7 heteroatoms. The van der Waals surface area contributed by atoms with Gasteiger partial charge in [0.25, 0.3) is 0 Å². The van der Waals surface area contributed by atoms with Crippen LogP contribution in [0.4, 0.5) is 16.2 Å². The summed E-state index contributed by atoms with van der Waals surface area (Å²) in [6.45, 7) is 4.37. The predicted molar refractivity (Wildman–Crippen MR) is 123 cm³/mol. The fourth-order valence-corrected chi connectivity index (χ4v) is 4.58. The average molecular weight is 437 g/mol. The molecule has 4 rings (SSSR count). The summed E-state index contributed by atoms with van der Waals surface area (Å²) in [5, 5.41) is 15.6. The average Bonchev–Trinajstić information content (AvgIpc) is 2.80. The lowest BCUT2D eigenvalue weighted by Gasteiger charge is -2.25. The van der Waals surface area contributed by atoms with Gasteiger partial charge in [-0.3, -0.25) is 4.79 Å². The van der Waals surface area contributed by atoms with E-state index in [1.165, 1.54) is 0 Å². The minimum Gasteiger partial charge on any atom is -0.496 e. The Morgan fingerprint density at radius 2 is 1.91 bits per heavy atom. The zero-order chi connectivity index (χ0) is 22.8. The van der Waals surface area contributed by atoms with Gasteiger partial charge in [0.2, 0.25) is 5.91 Å². The second kappa shape index (κ2) is 9.12. The van der Waals surface area contributed by atoms with E-state index in [1.54, 1.807) is 11.7 Å². The Bertz CT molecular complexity index is 1100. The standard InChI is InChI=1S/C25H29N3O4/c1-15-4-6-18(14-29)23-21(15)13-28(25(31)27-23)20-10-7-17(8-11-20)24(30)26-19-9-5-16(2)22(12-19)32-3/h4-6,9,12,17,29H,7-8,10-11,13-14H2,1-3H3,(H-,26,27,30,31)/p+1. The monoisotopic (exact) mass is 436 g/mol. The molecule has 2 aliphatic rings. The number of hydrogen-bond acceptors (Lipinski definition) is 4. The van der Waals surface area contributed by atoms with Crippen LogP contribution in [0.3, 0.4) is 0 Å². The number of nitrogens with one attached hydrogen (secondary N) is 2. The summed E-state index contributed by atoms with van der Waals surface area (Å²) in [6.07, 6.45) is 2.82. The fourth-order valence-electron chi connectivity index (χ4n) is 4.58. The van der Waals surface area contributed by atoms with Gasteiger partial charge in [-0.2, -0.15) is 9.37 Å². The number of aliphatic hydroxyl groups excluding tert-OH is 1. The molecule has 2 aromatic carbocycles. The quantitative estimate of drug-likeness (QED) is 0.629. The number of carbonyl (C=O) groups is 2. The van der Waals surface area contributed by atoms with E-state index >= 15 is 0 Å². The lowest BCUT2D eigenvalue weighted by atomic mass is 9.86. The number of carbonyl (C=O) groups excluding carboxylic acids is 2. The first-order valence-electron chi connectivity index (χ1n) is 11.0. The van der Waals surface area contributed by atoms with Gasteiger partial charge < -0.3 is 15.2 Å². The van der Waals surface area contributed by atoms with E-state index < -0.39 is 0 Å². The summed E-state index contributed by atoms with van der Waals surface area (Å²) in [5.41, 5.74) is 6.40. The Morgan fingerprint density at radius 1 is 1.19 bits per heavy atom. The Balaban J connectivity index is 1.45. The minimum atomic E-state index is -0.164. The highest BCUT2D eigenvalue weighted by atomic mass is 16.5. The second-order valence-corrected chi connectivity index (χ2v) is 8.58. The van der Waals surface area contributed by atoms with Gasteiger partial charge in [-0.15, -0.1) is 0 Å². The SMILES string of the molecule is COc1cc(NC(=O)C2CCC(=[N+]3Cc4c(C)ccc(CO)c4NC3=O)CC2)ccc1C. The Labute approximate surface area is 188 Å². The molecule has 0 bridgehead atoms. The molecule has 7 nitrogen and oxygen atoms in total. The number of fused-ring (bicyclic) bond motifs is 1. The number of aryl methyl sites for hydroxylation is 2. The van der Waals surface area contributed by atoms with E-state index in [-0.39, 0.29) is 24.5 Å². The van der Waals surface area contributed by atoms with Crippen LogP contribution in [0.2, 0.25) is 0 Å². The molecular formula is C25H30N3O4+. The topological polar surface area (TPSA) is 90.7 Å². The molecule has 168 valence electrons. The third-order valence-corrected chi connectivity index (χ3v) is 6.59. The molecule has 1 heterocycles. The van der Waals surface area contributed by atoms with Gasteiger partial charge in [0.15, 0.2) is 0 Å². The fraction of sp³-hybridized carbons (Fsp3) is 0.400. The third kappa shape index (κ3) is 4.25. The van der Waals surface area contributed by atoms with Crippen LogP contribution in [0.1, 0.15) is 47.9 Å². The van der Waals surface area contributed by atoms with Gasteiger partial charge in [0.05, 0.1) is 19.4 Å². The van der Waals surface area contributed by atoms with Gasteiger partial charge in [-0.05, 0) is 43.9 Å². The van der Waals surface area contributed by atoms with Crippen LogP contribution in [0, 0.1) is 19.8 Å². The summed E-state index contributed by atoms with van der Waals surface area (Å²) in [4.78, 5) is 25.6. The third-order valence-electron chi connectivity index (χ3n) is 6.59. The van der Waals surface area contributed by atoms with Crippen LogP contribution in [0.25, 0.3) is 0 Å². The number of amides is 3. The molecule has 1 fully saturated rings. The zero-order valence-corrected chi connectivity index (χ0v) is 18.8. The van der Waals surface area contributed by atoms with Gasteiger partial charge in [0, 0.05) is 41.6 Å². The molecule has 0 aromatic heterocycles. The predicted octanol–water partition coefficient (Wildman–Crippen LogP) is 4.13. The van der Waals surface area contributed by atoms with Crippen LogP contribution < -0.4 is 15.4 Å². The summed E-state index contributed by atoms with van der Waals surface area (Å²) in [7, 11) is 1.62. The summed E-state index contributed by atoms with van der Waals surface area (Å²) >= 11 is 0. The van der Waals surface area contributed by atoms with Crippen molar-refractivity contribution in [1.82, 2.24) is 0 Å². The van der Waals surface area contributed by atoms with Crippen molar-refractivity contribution in [2.24, 2.45) is 5.92 Å². The molecule has 3 amide bonds. The van der Waals surface area contributed by atoms with Crippen molar-refractivity contribution in [2.75, 3.05) is 17.7 Å². The van der Waals surface area contributed by atoms with Crippen molar-refractivity contribution in [1.29, 1.82) is 0 Å². The van der Waals surface area contributed by atoms with Crippen molar-refractivity contribution in [3.63, 3.8) is 0 Å². The largest absolute Gasteiger partial charge is 0.496 e. The van der Waals surface area contributed by atoms with Crippen molar-refractivity contribution in [2.45, 2.75) is 52.7 Å². The van der Waals surface area contributed by atoms with E-state index in [9.17, 15) is 14.7 Å². The van der Waals surface area contributed by atoms with Gasteiger partial charge >= 0.3 is 6.03 Å². The van der Waals surface area contributed by atoms with Crippen molar-refractivity contribution >= 4 is 29.0 Å². The smallest absolute Gasteiger partial charge is 0.496 e. The lowest BCUT2D eigenvalue weighted by molar-refractivity contribution is -0.446. The first-order valence-corrected chi connectivity index (χ1v) is 11.0. The number of urea groups is 1. The maximum absolute atomic E-state index is 12.8. The minimum absolute atomic E-state index is 0.00632. The van der Waals surface area contributed by atoms with E-state index in [2.05, 4.69) is 10.6 Å². The normalized spacial score (nSPS) is 18.1. The first-order chi connectivity index (χ1) is 15.4. The highest BCUT2D eigenvalue weighted by Crippen LogP contribution is 2.31. The number of anilines is 2. The van der Waals surface area contributed by atoms with Gasteiger partial charge in [-0.1, -0.05) is 18.2 Å². The van der Waals surface area contributed by atoms with Crippen molar-refractivity contribution in [3.05, 3.63) is 52.6 Å². The maximum atomic E-state index is 12.8. The molecular weight excluding hydrogens is 406 g/mol. The number of hydrogen-bond donors (Lipinski definition) is 3. The van der Waals surface area contributed by atoms with Crippen LogP contribution >= 0.6 is 0 Å². The molecule has 0 radical (unpaired) electrons. The molecule has 0 unspecified atom stereocenters. The number of methoxy groups -OCH3 is 1. The molecule has 1 saturated carbocycles. The van der Waals surface area contributed by atoms with Crippen LogP contribution in [0.15, 0.2) is 30.3 Å². The van der Waals surface area contributed by atoms with E-state index in [4.69, 9.17) is 4.74 Å².